The molecule has 7 nitrogen and oxygen atoms in total. The number of amides is 1. The third kappa shape index (κ3) is 4.68. The van der Waals surface area contributed by atoms with Crippen molar-refractivity contribution in [3.8, 4) is 5.69 Å². The topological polar surface area (TPSA) is 67.2 Å². The highest BCUT2D eigenvalue weighted by molar-refractivity contribution is 5.91. The minimum atomic E-state index is -0.289. The van der Waals surface area contributed by atoms with Crippen LogP contribution in [0.5, 0.6) is 0 Å². The zero-order valence-electron chi connectivity index (χ0n) is 21.1. The Hall–Kier alpha value is -3.81. The summed E-state index contributed by atoms with van der Waals surface area (Å²) < 4.78 is 15.4. The molecule has 0 spiro atoms. The summed E-state index contributed by atoms with van der Waals surface area (Å²) in [5.74, 6) is 1.81. The Morgan fingerprint density at radius 2 is 1.73 bits per heavy atom. The molecule has 0 unspecified atom stereocenters. The summed E-state index contributed by atoms with van der Waals surface area (Å²) in [6, 6.07) is 16.5. The Labute approximate surface area is 215 Å². The summed E-state index contributed by atoms with van der Waals surface area (Å²) in [7, 11) is 0. The van der Waals surface area contributed by atoms with Crippen molar-refractivity contribution in [1.29, 1.82) is 0 Å². The van der Waals surface area contributed by atoms with E-state index >= 15 is 0 Å². The Morgan fingerprint density at radius 1 is 0.946 bits per heavy atom. The van der Waals surface area contributed by atoms with Crippen LogP contribution in [0.4, 0.5) is 10.2 Å². The molecule has 190 valence electrons. The van der Waals surface area contributed by atoms with Gasteiger partial charge in [-0.3, -0.25) is 4.79 Å². The first-order valence-electron chi connectivity index (χ1n) is 13.2. The first-order valence-corrected chi connectivity index (χ1v) is 13.2. The van der Waals surface area contributed by atoms with Gasteiger partial charge >= 0.3 is 0 Å². The van der Waals surface area contributed by atoms with Crippen LogP contribution in [0, 0.1) is 18.7 Å². The fourth-order valence-electron chi connectivity index (χ4n) is 5.32. The number of halogens is 1. The maximum absolute atomic E-state index is 13.6. The van der Waals surface area contributed by atoms with Crippen LogP contribution >= 0.6 is 0 Å². The average molecular weight is 499 g/mol. The van der Waals surface area contributed by atoms with E-state index in [0.717, 1.165) is 73.5 Å². The third-order valence-electron chi connectivity index (χ3n) is 7.57. The fraction of sp³-hybridized carbons (Fsp3) is 0.379. The van der Waals surface area contributed by atoms with E-state index in [2.05, 4.69) is 17.0 Å². The number of rotatable bonds is 5. The number of hydrogen-bond donors (Lipinski definition) is 0. The molecule has 0 bridgehead atoms. The second kappa shape index (κ2) is 9.92. The maximum Gasteiger partial charge on any atom is 0.225 e. The molecule has 2 aliphatic rings. The molecule has 0 N–H and O–H groups in total. The summed E-state index contributed by atoms with van der Waals surface area (Å²) >= 11 is 0. The van der Waals surface area contributed by atoms with Gasteiger partial charge in [-0.2, -0.15) is 5.10 Å². The van der Waals surface area contributed by atoms with E-state index in [4.69, 9.17) is 15.1 Å². The van der Waals surface area contributed by atoms with E-state index in [9.17, 15) is 9.18 Å². The molecule has 1 saturated carbocycles. The lowest BCUT2D eigenvalue weighted by Gasteiger charge is -2.31. The van der Waals surface area contributed by atoms with Gasteiger partial charge in [0.25, 0.3) is 0 Å². The van der Waals surface area contributed by atoms with Crippen molar-refractivity contribution in [1.82, 2.24) is 24.6 Å². The van der Waals surface area contributed by atoms with E-state index in [1.807, 2.05) is 30.0 Å². The lowest BCUT2D eigenvalue weighted by Crippen LogP contribution is -2.41. The average Bonchev–Trinajstić information content (AvgIpc) is 3.03. The molecule has 1 aliphatic heterocycles. The highest BCUT2D eigenvalue weighted by Crippen LogP contribution is 2.32. The number of carbonyl (C=O) groups excluding carboxylic acids is 1. The monoisotopic (exact) mass is 498 g/mol. The molecule has 2 aromatic heterocycles. The molecule has 0 radical (unpaired) electrons. The standard InChI is InChI=1S/C29H31FN6O/c1-20-26-27(34-15-6-16-35(18-17-34)29(37)22-9-5-10-22)31-25(19-21-7-3-2-4-8-21)32-28(26)36(33-20)24-13-11-23(30)12-14-24/h2-4,7-8,11-14,22H,5-6,9-10,15-19H2,1H3. The molecule has 37 heavy (non-hydrogen) atoms. The molecule has 2 aromatic carbocycles. The molecular formula is C29H31FN6O. The van der Waals surface area contributed by atoms with Gasteiger partial charge in [-0.15, -0.1) is 0 Å². The molecule has 6 rings (SSSR count). The number of anilines is 1. The molecule has 1 aliphatic carbocycles. The zero-order valence-corrected chi connectivity index (χ0v) is 21.1. The second-order valence-corrected chi connectivity index (χ2v) is 10.1. The van der Waals surface area contributed by atoms with Crippen LogP contribution in [-0.2, 0) is 11.2 Å². The van der Waals surface area contributed by atoms with Crippen LogP contribution < -0.4 is 4.90 Å². The van der Waals surface area contributed by atoms with E-state index in [1.54, 1.807) is 16.8 Å². The minimum Gasteiger partial charge on any atom is -0.354 e. The third-order valence-corrected chi connectivity index (χ3v) is 7.57. The Balaban J connectivity index is 1.40. The summed E-state index contributed by atoms with van der Waals surface area (Å²) in [6.07, 6.45) is 4.70. The van der Waals surface area contributed by atoms with Gasteiger partial charge in [0.1, 0.15) is 17.5 Å². The normalized spacial score (nSPS) is 16.6. The number of fused-ring (bicyclic) bond motifs is 1. The van der Waals surface area contributed by atoms with Crippen molar-refractivity contribution in [2.45, 2.75) is 39.0 Å². The number of aromatic nitrogens is 4. The first kappa shape index (κ1) is 23.6. The first-order chi connectivity index (χ1) is 18.1. The SMILES string of the molecule is Cc1nn(-c2ccc(F)cc2)c2nc(Cc3ccccc3)nc(N3CCCN(C(=O)C4CCC4)CC3)c12. The van der Waals surface area contributed by atoms with Crippen LogP contribution in [0.15, 0.2) is 54.6 Å². The Bertz CT molecular complexity index is 1410. The number of aryl methyl sites for hydroxylation is 1. The van der Waals surface area contributed by atoms with Gasteiger partial charge in [-0.05, 0) is 56.0 Å². The summed E-state index contributed by atoms with van der Waals surface area (Å²) in [5, 5.41) is 5.71. The van der Waals surface area contributed by atoms with Crippen molar-refractivity contribution < 1.29 is 9.18 Å². The fourth-order valence-corrected chi connectivity index (χ4v) is 5.32. The molecule has 4 aromatic rings. The van der Waals surface area contributed by atoms with Gasteiger partial charge < -0.3 is 9.80 Å². The van der Waals surface area contributed by atoms with Crippen LogP contribution in [0.1, 0.15) is 42.8 Å². The number of hydrogen-bond acceptors (Lipinski definition) is 5. The van der Waals surface area contributed by atoms with Crippen LogP contribution in [0.3, 0.4) is 0 Å². The number of benzene rings is 2. The van der Waals surface area contributed by atoms with E-state index in [0.29, 0.717) is 30.3 Å². The van der Waals surface area contributed by atoms with Crippen LogP contribution in [0.2, 0.25) is 0 Å². The minimum absolute atomic E-state index is 0.214. The Morgan fingerprint density at radius 3 is 2.46 bits per heavy atom. The summed E-state index contributed by atoms with van der Waals surface area (Å²) in [6.45, 7) is 4.98. The lowest BCUT2D eigenvalue weighted by molar-refractivity contribution is -0.137. The molecule has 3 heterocycles. The molecule has 1 amide bonds. The molecule has 2 fully saturated rings. The maximum atomic E-state index is 13.6. The molecular weight excluding hydrogens is 467 g/mol. The summed E-state index contributed by atoms with van der Waals surface area (Å²) in [4.78, 5) is 27.3. The van der Waals surface area contributed by atoms with Crippen molar-refractivity contribution >= 4 is 22.8 Å². The Kier molecular flexibility index (Phi) is 6.32. The quantitative estimate of drug-likeness (QED) is 0.399. The number of nitrogens with zero attached hydrogens (tertiary/aromatic N) is 6. The number of carbonyl (C=O) groups is 1. The van der Waals surface area contributed by atoms with Gasteiger partial charge in [0.05, 0.1) is 16.8 Å². The largest absolute Gasteiger partial charge is 0.354 e. The van der Waals surface area contributed by atoms with Gasteiger partial charge in [0.15, 0.2) is 5.65 Å². The van der Waals surface area contributed by atoms with E-state index in [-0.39, 0.29) is 11.7 Å². The van der Waals surface area contributed by atoms with E-state index < -0.39 is 0 Å². The van der Waals surface area contributed by atoms with Gasteiger partial charge in [-0.1, -0.05) is 36.8 Å². The highest BCUT2D eigenvalue weighted by atomic mass is 19.1. The smallest absolute Gasteiger partial charge is 0.225 e. The van der Waals surface area contributed by atoms with Crippen molar-refractivity contribution in [3.05, 3.63) is 77.5 Å². The highest BCUT2D eigenvalue weighted by Gasteiger charge is 2.31. The van der Waals surface area contributed by atoms with Gasteiger partial charge in [0.2, 0.25) is 5.91 Å². The summed E-state index contributed by atoms with van der Waals surface area (Å²) in [5.41, 5.74) is 3.42. The van der Waals surface area contributed by atoms with Crippen molar-refractivity contribution in [2.24, 2.45) is 5.92 Å². The van der Waals surface area contributed by atoms with Gasteiger partial charge in [0, 0.05) is 38.5 Å². The van der Waals surface area contributed by atoms with Crippen LogP contribution in [-0.4, -0.2) is 56.7 Å². The molecule has 8 heteroatoms. The lowest BCUT2D eigenvalue weighted by atomic mass is 9.84. The molecule has 1 saturated heterocycles. The zero-order chi connectivity index (χ0) is 25.4. The van der Waals surface area contributed by atoms with Crippen molar-refractivity contribution in [2.75, 3.05) is 31.1 Å². The predicted molar refractivity (Wildman–Crippen MR) is 141 cm³/mol. The van der Waals surface area contributed by atoms with Crippen molar-refractivity contribution in [3.63, 3.8) is 0 Å². The van der Waals surface area contributed by atoms with Crippen LogP contribution in [0.25, 0.3) is 16.7 Å². The predicted octanol–water partition coefficient (Wildman–Crippen LogP) is 4.69. The molecule has 0 atom stereocenters. The second-order valence-electron chi connectivity index (χ2n) is 10.1. The van der Waals surface area contributed by atoms with E-state index in [1.165, 1.54) is 12.1 Å². The van der Waals surface area contributed by atoms with Gasteiger partial charge in [-0.25, -0.2) is 19.0 Å².